The van der Waals surface area contributed by atoms with Crippen LogP contribution in [0.1, 0.15) is 42.4 Å². The average molecular weight is 345 g/mol. The van der Waals surface area contributed by atoms with Crippen molar-refractivity contribution in [1.82, 2.24) is 10.2 Å². The van der Waals surface area contributed by atoms with Crippen LogP contribution in [0.25, 0.3) is 0 Å². The molecule has 1 saturated heterocycles. The minimum Gasteiger partial charge on any atom is -0.313 e. The maximum Gasteiger partial charge on any atom is 0.0329 e. The predicted octanol–water partition coefficient (Wildman–Crippen LogP) is 4.17. The van der Waals surface area contributed by atoms with Crippen LogP contribution in [0.2, 0.25) is 0 Å². The van der Waals surface area contributed by atoms with E-state index >= 15 is 0 Å². The number of nitrogens with zero attached hydrogens (tertiary/aromatic N) is 1. The highest BCUT2D eigenvalue weighted by Gasteiger charge is 2.18. The zero-order chi connectivity index (χ0) is 13.7. The van der Waals surface area contributed by atoms with Crippen LogP contribution in [0.5, 0.6) is 0 Å². The van der Waals surface area contributed by atoms with Crippen LogP contribution >= 0.6 is 27.3 Å². The second kappa shape index (κ2) is 7.77. The van der Waals surface area contributed by atoms with E-state index in [1.54, 1.807) is 0 Å². The van der Waals surface area contributed by atoms with Crippen molar-refractivity contribution in [2.24, 2.45) is 0 Å². The monoisotopic (exact) mass is 344 g/mol. The van der Waals surface area contributed by atoms with Gasteiger partial charge in [0.1, 0.15) is 0 Å². The number of halogens is 1. The van der Waals surface area contributed by atoms with Gasteiger partial charge in [0.05, 0.1) is 0 Å². The van der Waals surface area contributed by atoms with Gasteiger partial charge in [-0.3, -0.25) is 4.90 Å². The number of thiophene rings is 1. The number of hydrogen-bond donors (Lipinski definition) is 1. The third kappa shape index (κ3) is 4.85. The van der Waals surface area contributed by atoms with Gasteiger partial charge in [-0.2, -0.15) is 0 Å². The highest BCUT2D eigenvalue weighted by molar-refractivity contribution is 9.10. The molecule has 0 spiro atoms. The predicted molar refractivity (Wildman–Crippen MR) is 88.0 cm³/mol. The molecule has 1 aliphatic rings. The molecule has 0 bridgehead atoms. The lowest BCUT2D eigenvalue weighted by Gasteiger charge is -2.25. The fraction of sp³-hybridized carbons (Fsp3) is 0.733. The van der Waals surface area contributed by atoms with Gasteiger partial charge in [-0.25, -0.2) is 0 Å². The Bertz CT molecular complexity index is 366. The first-order chi connectivity index (χ1) is 9.19. The normalized spacial score (nSPS) is 19.5. The highest BCUT2D eigenvalue weighted by atomic mass is 79.9. The first kappa shape index (κ1) is 15.5. The van der Waals surface area contributed by atoms with Crippen LogP contribution in [0, 0.1) is 6.92 Å². The van der Waals surface area contributed by atoms with Gasteiger partial charge >= 0.3 is 0 Å². The van der Waals surface area contributed by atoms with E-state index in [0.29, 0.717) is 6.04 Å². The molecule has 0 amide bonds. The molecular weight excluding hydrogens is 320 g/mol. The Kier molecular flexibility index (Phi) is 6.33. The second-order valence-electron chi connectivity index (χ2n) is 5.50. The second-order valence-corrected chi connectivity index (χ2v) is 7.69. The standard InChI is InChI=1S/C15H25BrN2S/c1-3-4-8-18(10-13-6-5-7-17-13)11-14-9-15(16)12(2)19-14/h9,13,17H,3-8,10-11H2,1-2H3. The summed E-state index contributed by atoms with van der Waals surface area (Å²) < 4.78 is 1.27. The molecule has 1 fully saturated rings. The smallest absolute Gasteiger partial charge is 0.0329 e. The molecule has 19 heavy (non-hydrogen) atoms. The molecule has 4 heteroatoms. The van der Waals surface area contributed by atoms with Gasteiger partial charge < -0.3 is 5.32 Å². The van der Waals surface area contributed by atoms with Gasteiger partial charge in [-0.15, -0.1) is 11.3 Å². The molecule has 1 aromatic rings. The van der Waals surface area contributed by atoms with Crippen molar-refractivity contribution in [3.8, 4) is 0 Å². The molecule has 1 aliphatic heterocycles. The topological polar surface area (TPSA) is 15.3 Å². The Hall–Kier alpha value is 0.1000. The lowest BCUT2D eigenvalue weighted by Crippen LogP contribution is -2.37. The summed E-state index contributed by atoms with van der Waals surface area (Å²) in [5, 5.41) is 3.62. The van der Waals surface area contributed by atoms with E-state index in [1.165, 1.54) is 59.5 Å². The maximum atomic E-state index is 3.63. The van der Waals surface area contributed by atoms with E-state index in [0.717, 1.165) is 6.54 Å². The lowest BCUT2D eigenvalue weighted by molar-refractivity contribution is 0.239. The van der Waals surface area contributed by atoms with E-state index in [4.69, 9.17) is 0 Å². The zero-order valence-electron chi connectivity index (χ0n) is 12.0. The zero-order valence-corrected chi connectivity index (χ0v) is 14.4. The first-order valence-electron chi connectivity index (χ1n) is 7.39. The SMILES string of the molecule is CCCCN(Cc1cc(Br)c(C)s1)CC1CCCN1. The summed E-state index contributed by atoms with van der Waals surface area (Å²) in [5.74, 6) is 0. The number of rotatable bonds is 7. The Balaban J connectivity index is 1.91. The number of hydrogen-bond acceptors (Lipinski definition) is 3. The summed E-state index contributed by atoms with van der Waals surface area (Å²) in [5.41, 5.74) is 0. The van der Waals surface area contributed by atoms with Crippen molar-refractivity contribution in [2.75, 3.05) is 19.6 Å². The molecule has 0 aromatic carbocycles. The quantitative estimate of drug-likeness (QED) is 0.798. The molecule has 108 valence electrons. The minimum atomic E-state index is 0.710. The molecule has 1 aromatic heterocycles. The summed E-state index contributed by atoms with van der Waals surface area (Å²) in [6.45, 7) is 9.20. The van der Waals surface area contributed by atoms with Gasteiger partial charge in [0, 0.05) is 33.4 Å². The molecule has 1 N–H and O–H groups in total. The van der Waals surface area contributed by atoms with Crippen LogP contribution in [0.3, 0.4) is 0 Å². The summed E-state index contributed by atoms with van der Waals surface area (Å²) in [4.78, 5) is 5.51. The van der Waals surface area contributed by atoms with Crippen LogP contribution in [0.4, 0.5) is 0 Å². The minimum absolute atomic E-state index is 0.710. The average Bonchev–Trinajstić information content (AvgIpc) is 2.98. The summed E-state index contributed by atoms with van der Waals surface area (Å²) >= 11 is 5.55. The maximum absolute atomic E-state index is 3.63. The first-order valence-corrected chi connectivity index (χ1v) is 9.00. The summed E-state index contributed by atoms with van der Waals surface area (Å²) in [6, 6.07) is 3.00. The third-order valence-corrected chi connectivity index (χ3v) is 5.88. The highest BCUT2D eigenvalue weighted by Crippen LogP contribution is 2.27. The van der Waals surface area contributed by atoms with Crippen molar-refractivity contribution < 1.29 is 0 Å². The largest absolute Gasteiger partial charge is 0.313 e. The van der Waals surface area contributed by atoms with Gasteiger partial charge in [-0.1, -0.05) is 13.3 Å². The van der Waals surface area contributed by atoms with Gasteiger partial charge in [0.2, 0.25) is 0 Å². The third-order valence-electron chi connectivity index (χ3n) is 3.76. The molecule has 2 rings (SSSR count). The molecule has 0 aliphatic carbocycles. The van der Waals surface area contributed by atoms with Crippen LogP contribution < -0.4 is 5.32 Å². The van der Waals surface area contributed by atoms with Crippen molar-refractivity contribution in [2.45, 2.75) is 52.1 Å². The van der Waals surface area contributed by atoms with Crippen molar-refractivity contribution in [3.05, 3.63) is 20.3 Å². The number of aryl methyl sites for hydroxylation is 1. The van der Waals surface area contributed by atoms with E-state index in [2.05, 4.69) is 46.1 Å². The fourth-order valence-corrected chi connectivity index (χ4v) is 4.30. The van der Waals surface area contributed by atoms with Crippen LogP contribution in [-0.2, 0) is 6.54 Å². The van der Waals surface area contributed by atoms with E-state index in [-0.39, 0.29) is 0 Å². The van der Waals surface area contributed by atoms with Gasteiger partial charge in [0.25, 0.3) is 0 Å². The fourth-order valence-electron chi connectivity index (χ4n) is 2.66. The van der Waals surface area contributed by atoms with Gasteiger partial charge in [-0.05, 0) is 61.3 Å². The van der Waals surface area contributed by atoms with Crippen molar-refractivity contribution in [3.63, 3.8) is 0 Å². The molecule has 0 saturated carbocycles. The van der Waals surface area contributed by atoms with Crippen molar-refractivity contribution in [1.29, 1.82) is 0 Å². The molecule has 1 atom stereocenters. The number of nitrogens with one attached hydrogen (secondary N) is 1. The lowest BCUT2D eigenvalue weighted by atomic mass is 10.2. The van der Waals surface area contributed by atoms with E-state index in [1.807, 2.05) is 11.3 Å². The summed E-state index contributed by atoms with van der Waals surface area (Å²) in [7, 11) is 0. The van der Waals surface area contributed by atoms with Crippen molar-refractivity contribution >= 4 is 27.3 Å². The summed E-state index contributed by atoms with van der Waals surface area (Å²) in [6.07, 6.45) is 5.27. The van der Waals surface area contributed by atoms with Crippen LogP contribution in [0.15, 0.2) is 10.5 Å². The molecule has 2 heterocycles. The Labute approximate surface area is 129 Å². The van der Waals surface area contributed by atoms with Crippen LogP contribution in [-0.4, -0.2) is 30.6 Å². The molecule has 1 unspecified atom stereocenters. The van der Waals surface area contributed by atoms with Gasteiger partial charge in [0.15, 0.2) is 0 Å². The Morgan fingerprint density at radius 2 is 2.37 bits per heavy atom. The molecule has 2 nitrogen and oxygen atoms in total. The van der Waals surface area contributed by atoms with E-state index < -0.39 is 0 Å². The Morgan fingerprint density at radius 3 is 2.95 bits per heavy atom. The van der Waals surface area contributed by atoms with E-state index in [9.17, 15) is 0 Å². The molecular formula is C15H25BrN2S. The Morgan fingerprint density at radius 1 is 1.53 bits per heavy atom. The molecule has 0 radical (unpaired) electrons. The number of unbranched alkanes of at least 4 members (excludes halogenated alkanes) is 1.